The van der Waals surface area contributed by atoms with Crippen molar-refractivity contribution in [3.8, 4) is 0 Å². The molecule has 1 aromatic heterocycles. The van der Waals surface area contributed by atoms with Gasteiger partial charge in [-0.1, -0.05) is 37.3 Å². The van der Waals surface area contributed by atoms with Gasteiger partial charge in [-0.25, -0.2) is 9.97 Å². The van der Waals surface area contributed by atoms with Crippen LogP contribution in [0.4, 0.5) is 11.6 Å². The van der Waals surface area contributed by atoms with Gasteiger partial charge in [0.2, 0.25) is 0 Å². The molecule has 112 valence electrons. The minimum absolute atomic E-state index is 0.361. The van der Waals surface area contributed by atoms with Crippen LogP contribution in [0.25, 0.3) is 0 Å². The molecule has 3 N–H and O–H groups in total. The van der Waals surface area contributed by atoms with Crippen LogP contribution in [0.15, 0.2) is 36.4 Å². The fourth-order valence-corrected chi connectivity index (χ4v) is 2.17. The third-order valence-electron chi connectivity index (χ3n) is 3.32. The van der Waals surface area contributed by atoms with Crippen LogP contribution < -0.4 is 11.1 Å². The lowest BCUT2D eigenvalue weighted by Gasteiger charge is -2.13. The van der Waals surface area contributed by atoms with Crippen molar-refractivity contribution in [2.45, 2.75) is 25.9 Å². The predicted octanol–water partition coefficient (Wildman–Crippen LogP) is 2.81. The summed E-state index contributed by atoms with van der Waals surface area (Å²) in [6.45, 7) is 3.42. The molecule has 2 rings (SSSR count). The number of ether oxygens (including phenoxy) is 1. The Kier molecular flexibility index (Phi) is 5.51. The molecule has 0 saturated carbocycles. The minimum Gasteiger partial charge on any atom is -0.384 e. The number of aromatic nitrogens is 2. The number of nitrogen functional groups attached to an aromatic ring is 1. The Bertz CT molecular complexity index is 559. The smallest absolute Gasteiger partial charge is 0.158 e. The second-order valence-corrected chi connectivity index (χ2v) is 5.05. The lowest BCUT2D eigenvalue weighted by molar-refractivity contribution is 0.178. The van der Waals surface area contributed by atoms with E-state index in [1.165, 1.54) is 5.56 Å². The molecule has 1 heterocycles. The van der Waals surface area contributed by atoms with Crippen molar-refractivity contribution in [1.29, 1.82) is 0 Å². The summed E-state index contributed by atoms with van der Waals surface area (Å²) in [4.78, 5) is 8.48. The zero-order chi connectivity index (χ0) is 15.1. The van der Waals surface area contributed by atoms with Crippen LogP contribution >= 0.6 is 0 Å². The highest BCUT2D eigenvalue weighted by Crippen LogP contribution is 2.18. The van der Waals surface area contributed by atoms with Gasteiger partial charge in [0.1, 0.15) is 18.2 Å². The van der Waals surface area contributed by atoms with Gasteiger partial charge in [0.05, 0.1) is 0 Å². The second kappa shape index (κ2) is 7.59. The molecule has 1 atom stereocenters. The quantitative estimate of drug-likeness (QED) is 0.818. The van der Waals surface area contributed by atoms with Crippen molar-refractivity contribution in [3.63, 3.8) is 0 Å². The molecule has 0 spiro atoms. The Morgan fingerprint density at radius 3 is 2.71 bits per heavy atom. The number of hydrogen-bond donors (Lipinski definition) is 2. The number of nitrogens with one attached hydrogen (secondary N) is 1. The maximum Gasteiger partial charge on any atom is 0.158 e. The topological polar surface area (TPSA) is 73.1 Å². The average Bonchev–Trinajstić information content (AvgIpc) is 2.48. The van der Waals surface area contributed by atoms with Crippen molar-refractivity contribution in [1.82, 2.24) is 9.97 Å². The molecular formula is C16H22N4O. The molecule has 0 amide bonds. The highest BCUT2D eigenvalue weighted by Gasteiger charge is 2.06. The van der Waals surface area contributed by atoms with Crippen LogP contribution in [-0.2, 0) is 11.3 Å². The van der Waals surface area contributed by atoms with Crippen LogP contribution in [0, 0.1) is 0 Å². The zero-order valence-corrected chi connectivity index (χ0v) is 12.5. The summed E-state index contributed by atoms with van der Waals surface area (Å²) in [6, 6.07) is 12.2. The van der Waals surface area contributed by atoms with E-state index in [2.05, 4.69) is 46.5 Å². The normalized spacial score (nSPS) is 12.1. The second-order valence-electron chi connectivity index (χ2n) is 5.05. The first kappa shape index (κ1) is 15.3. The summed E-state index contributed by atoms with van der Waals surface area (Å²) in [6.07, 6.45) is 1.02. The van der Waals surface area contributed by atoms with Crippen LogP contribution in [-0.4, -0.2) is 23.6 Å². The van der Waals surface area contributed by atoms with E-state index >= 15 is 0 Å². The number of methoxy groups -OCH3 is 1. The Balaban J connectivity index is 1.88. The molecule has 0 aliphatic heterocycles. The van der Waals surface area contributed by atoms with Gasteiger partial charge in [-0.05, 0) is 17.9 Å². The lowest BCUT2D eigenvalue weighted by atomic mass is 9.98. The summed E-state index contributed by atoms with van der Waals surface area (Å²) < 4.78 is 5.03. The average molecular weight is 286 g/mol. The summed E-state index contributed by atoms with van der Waals surface area (Å²) >= 11 is 0. The maximum atomic E-state index is 5.77. The number of benzene rings is 1. The van der Waals surface area contributed by atoms with Gasteiger partial charge in [0.15, 0.2) is 5.82 Å². The fraction of sp³-hybridized carbons (Fsp3) is 0.375. The van der Waals surface area contributed by atoms with Crippen molar-refractivity contribution < 1.29 is 4.74 Å². The van der Waals surface area contributed by atoms with Gasteiger partial charge in [-0.3, -0.25) is 0 Å². The van der Waals surface area contributed by atoms with Gasteiger partial charge >= 0.3 is 0 Å². The fourth-order valence-electron chi connectivity index (χ4n) is 2.17. The number of anilines is 2. The van der Waals surface area contributed by atoms with E-state index in [-0.39, 0.29) is 0 Å². The van der Waals surface area contributed by atoms with E-state index in [9.17, 15) is 0 Å². The number of nitrogens with two attached hydrogens (primary N) is 1. The van der Waals surface area contributed by atoms with E-state index in [0.717, 1.165) is 18.8 Å². The molecular weight excluding hydrogens is 264 g/mol. The van der Waals surface area contributed by atoms with Crippen molar-refractivity contribution in [2.75, 3.05) is 24.7 Å². The van der Waals surface area contributed by atoms with E-state index in [4.69, 9.17) is 10.5 Å². The molecule has 1 unspecified atom stereocenters. The van der Waals surface area contributed by atoms with E-state index < -0.39 is 0 Å². The highest BCUT2D eigenvalue weighted by molar-refractivity contribution is 5.44. The van der Waals surface area contributed by atoms with Crippen molar-refractivity contribution in [3.05, 3.63) is 47.8 Å². The zero-order valence-electron chi connectivity index (χ0n) is 12.5. The van der Waals surface area contributed by atoms with Crippen LogP contribution in [0.1, 0.15) is 30.7 Å². The van der Waals surface area contributed by atoms with Crippen LogP contribution in [0.5, 0.6) is 0 Å². The van der Waals surface area contributed by atoms with E-state index in [1.807, 2.05) is 6.07 Å². The molecule has 5 nitrogen and oxygen atoms in total. The Morgan fingerprint density at radius 1 is 1.24 bits per heavy atom. The molecule has 5 heteroatoms. The van der Waals surface area contributed by atoms with Gasteiger partial charge in [0.25, 0.3) is 0 Å². The molecule has 0 fully saturated rings. The van der Waals surface area contributed by atoms with Gasteiger partial charge < -0.3 is 15.8 Å². The number of nitrogens with zero attached hydrogens (tertiary/aromatic N) is 2. The van der Waals surface area contributed by atoms with Crippen LogP contribution in [0.2, 0.25) is 0 Å². The van der Waals surface area contributed by atoms with E-state index in [0.29, 0.717) is 24.2 Å². The Morgan fingerprint density at radius 2 is 2.00 bits per heavy atom. The Hall–Kier alpha value is -2.14. The van der Waals surface area contributed by atoms with Gasteiger partial charge in [-0.15, -0.1) is 0 Å². The molecule has 0 radical (unpaired) electrons. The van der Waals surface area contributed by atoms with Crippen molar-refractivity contribution >= 4 is 11.6 Å². The minimum atomic E-state index is 0.361. The molecule has 0 aliphatic rings. The predicted molar refractivity (Wildman–Crippen MR) is 85.1 cm³/mol. The van der Waals surface area contributed by atoms with Crippen molar-refractivity contribution in [2.24, 2.45) is 0 Å². The molecule has 2 aromatic rings. The Labute approximate surface area is 125 Å². The van der Waals surface area contributed by atoms with Gasteiger partial charge in [-0.2, -0.15) is 0 Å². The first-order valence-electron chi connectivity index (χ1n) is 7.10. The monoisotopic (exact) mass is 286 g/mol. The first-order chi connectivity index (χ1) is 10.2. The summed E-state index contributed by atoms with van der Waals surface area (Å²) in [5.41, 5.74) is 7.11. The largest absolute Gasteiger partial charge is 0.384 e. The lowest BCUT2D eigenvalue weighted by Crippen LogP contribution is -2.10. The molecule has 0 aliphatic carbocycles. The third-order valence-corrected chi connectivity index (χ3v) is 3.32. The third kappa shape index (κ3) is 4.72. The summed E-state index contributed by atoms with van der Waals surface area (Å²) in [7, 11) is 1.61. The molecule has 1 aromatic carbocycles. The first-order valence-corrected chi connectivity index (χ1v) is 7.10. The maximum absolute atomic E-state index is 5.77. The van der Waals surface area contributed by atoms with E-state index in [1.54, 1.807) is 13.2 Å². The highest BCUT2D eigenvalue weighted by atomic mass is 16.5. The molecule has 0 bridgehead atoms. The van der Waals surface area contributed by atoms with Crippen LogP contribution in [0.3, 0.4) is 0 Å². The SMILES string of the molecule is COCc1nc(N)cc(NCCC(C)c2ccccc2)n1. The molecule has 21 heavy (non-hydrogen) atoms. The number of hydrogen-bond acceptors (Lipinski definition) is 5. The summed E-state index contributed by atoms with van der Waals surface area (Å²) in [5, 5.41) is 3.30. The van der Waals surface area contributed by atoms with Gasteiger partial charge in [0, 0.05) is 19.7 Å². The molecule has 0 saturated heterocycles. The number of rotatable bonds is 7. The summed E-state index contributed by atoms with van der Waals surface area (Å²) in [5.74, 6) is 2.29. The standard InChI is InChI=1S/C16H22N4O/c1-12(13-6-4-3-5-7-13)8-9-18-15-10-14(17)19-16(20-15)11-21-2/h3-7,10,12H,8-9,11H2,1-2H3,(H3,17,18,19,20).